The number of nitrogens with two attached hydrogens (primary N) is 1. The van der Waals surface area contributed by atoms with E-state index in [-0.39, 0.29) is 18.6 Å². The minimum absolute atomic E-state index is 0. The van der Waals surface area contributed by atoms with E-state index < -0.39 is 5.31 Å². The molecule has 1 atom stereocenters. The number of ether oxygens (including phenoxy) is 1. The maximum atomic E-state index is 6.10. The van der Waals surface area contributed by atoms with Crippen molar-refractivity contribution in [3.8, 4) is 5.75 Å². The molecule has 6 nitrogen and oxygen atoms in total. The predicted molar refractivity (Wildman–Crippen MR) is 229 cm³/mol. The minimum Gasteiger partial charge on any atom is -0.330 e. The van der Waals surface area contributed by atoms with E-state index in [1.165, 1.54) is 40.7 Å². The van der Waals surface area contributed by atoms with Gasteiger partial charge in [0.2, 0.25) is 0 Å². The Morgan fingerprint density at radius 3 is 1.71 bits per heavy atom. The Kier molecular flexibility index (Phi) is 14.3. The zero-order valence-electron chi connectivity index (χ0n) is 29.6. The Morgan fingerprint density at radius 2 is 1.15 bits per heavy atom. The quantitative estimate of drug-likeness (QED) is 0.0649. The van der Waals surface area contributed by atoms with Gasteiger partial charge in [0.1, 0.15) is 0 Å². The first-order valence-corrected chi connectivity index (χ1v) is 22.5. The van der Waals surface area contributed by atoms with E-state index in [9.17, 15) is 0 Å². The molecule has 1 unspecified atom stereocenters. The number of halogens is 2. The standard InChI is InChI=1S/C43H49BrN5OP.ClH/c44-51(38-21-11-6-12-22-38,39-23-13-7-14-24-39,40-25-15-8-16-26-40)34-18-4-2-1-3-17-33-50-37-29-27-36(28-30-37)41-47-42(45)49-43(48-41)46-32-31-35-19-9-5-10-20-35;/h5-16,19-30,41H,1-4,17-18,31-34H2,(H4,45,46,47,48,49);1H. The number of nitrogens with one attached hydrogen (secondary N) is 2. The molecule has 5 aromatic carbocycles. The molecule has 0 saturated carbocycles. The summed E-state index contributed by atoms with van der Waals surface area (Å²) in [5.74, 6) is 1.86. The van der Waals surface area contributed by atoms with Crippen LogP contribution in [-0.4, -0.2) is 31.2 Å². The molecular weight excluding hydrogens is 749 g/mol. The van der Waals surface area contributed by atoms with Crippen molar-refractivity contribution in [2.24, 2.45) is 15.7 Å². The molecule has 1 heterocycles. The molecule has 9 heteroatoms. The Morgan fingerprint density at radius 1 is 0.654 bits per heavy atom. The first kappa shape index (κ1) is 39.1. The van der Waals surface area contributed by atoms with Crippen LogP contribution in [0.2, 0.25) is 0 Å². The number of benzene rings is 5. The molecule has 0 aromatic heterocycles. The van der Waals surface area contributed by atoms with Gasteiger partial charge in [-0.1, -0.05) is 30.3 Å². The molecule has 1 aliphatic rings. The first-order chi connectivity index (χ1) is 25.0. The molecule has 0 radical (unpaired) electrons. The van der Waals surface area contributed by atoms with Crippen molar-refractivity contribution in [2.75, 3.05) is 19.3 Å². The summed E-state index contributed by atoms with van der Waals surface area (Å²) in [5, 5.41) is 7.73. The summed E-state index contributed by atoms with van der Waals surface area (Å²) in [5.41, 5.74) is 8.35. The van der Waals surface area contributed by atoms with Crippen LogP contribution in [-0.2, 0) is 6.42 Å². The smallest absolute Gasteiger partial charge is 0.330 e. The van der Waals surface area contributed by atoms with Gasteiger partial charge in [0.15, 0.2) is 18.1 Å². The third-order valence-corrected chi connectivity index (χ3v) is 19.7. The van der Waals surface area contributed by atoms with Crippen LogP contribution in [0.4, 0.5) is 0 Å². The number of hydrogen-bond acceptors (Lipinski definition) is 4. The SMILES string of the molecule is Cl.NC1=NC(c2ccc(OCCCCCCCCP(Br)(c3ccccc3)(c3ccccc3)c3ccccc3)cc2)NC(=NCCc2ccccc2)N1. The Labute approximate surface area is 323 Å². The van der Waals surface area contributed by atoms with Gasteiger partial charge >= 0.3 is 214 Å². The van der Waals surface area contributed by atoms with Gasteiger partial charge in [0, 0.05) is 6.54 Å². The average Bonchev–Trinajstić information content (AvgIpc) is 3.19. The molecule has 272 valence electrons. The monoisotopic (exact) mass is 797 g/mol. The second-order valence-electron chi connectivity index (χ2n) is 13.1. The van der Waals surface area contributed by atoms with Gasteiger partial charge in [-0.2, -0.15) is 0 Å². The molecule has 1 aliphatic heterocycles. The number of nitrogens with zero attached hydrogens (tertiary/aromatic N) is 2. The van der Waals surface area contributed by atoms with Crippen LogP contribution in [0.1, 0.15) is 55.8 Å². The van der Waals surface area contributed by atoms with Crippen LogP contribution in [0.5, 0.6) is 5.75 Å². The van der Waals surface area contributed by atoms with Crippen molar-refractivity contribution < 1.29 is 4.74 Å². The number of hydrogen-bond donors (Lipinski definition) is 3. The Hall–Kier alpha value is -4.16. The first-order valence-electron chi connectivity index (χ1n) is 18.1. The van der Waals surface area contributed by atoms with Crippen LogP contribution in [0.15, 0.2) is 156 Å². The van der Waals surface area contributed by atoms with Crippen molar-refractivity contribution in [2.45, 2.75) is 51.1 Å². The fourth-order valence-electron chi connectivity index (χ4n) is 6.88. The van der Waals surface area contributed by atoms with Gasteiger partial charge in [0.25, 0.3) is 0 Å². The minimum atomic E-state index is -2.83. The second-order valence-corrected chi connectivity index (χ2v) is 22.2. The average molecular weight is 799 g/mol. The third-order valence-electron chi connectivity index (χ3n) is 9.62. The summed E-state index contributed by atoms with van der Waals surface area (Å²) in [4.78, 5) is 9.19. The van der Waals surface area contributed by atoms with Crippen LogP contribution in [0, 0.1) is 0 Å². The second kappa shape index (κ2) is 19.1. The van der Waals surface area contributed by atoms with Crippen molar-refractivity contribution in [3.05, 3.63) is 157 Å². The molecule has 4 N–H and O–H groups in total. The summed E-state index contributed by atoms with van der Waals surface area (Å²) in [6.07, 6.45) is 8.64. The van der Waals surface area contributed by atoms with Crippen molar-refractivity contribution in [3.63, 3.8) is 0 Å². The molecule has 0 saturated heterocycles. The summed E-state index contributed by atoms with van der Waals surface area (Å²) in [6.45, 7) is 1.37. The number of unbranched alkanes of at least 4 members (excludes halogenated alkanes) is 5. The summed E-state index contributed by atoms with van der Waals surface area (Å²) >= 11 is 4.58. The van der Waals surface area contributed by atoms with E-state index in [0.29, 0.717) is 25.1 Å². The normalized spacial score (nSPS) is 15.6. The molecule has 5 aromatic rings. The zero-order chi connectivity index (χ0) is 35.2. The zero-order valence-corrected chi connectivity index (χ0v) is 32.9. The summed E-state index contributed by atoms with van der Waals surface area (Å²) < 4.78 is 6.10. The van der Waals surface area contributed by atoms with E-state index in [1.54, 1.807) is 0 Å². The van der Waals surface area contributed by atoms with Gasteiger partial charge in [-0.05, 0) is 17.5 Å². The van der Waals surface area contributed by atoms with Crippen molar-refractivity contribution >= 4 is 61.0 Å². The van der Waals surface area contributed by atoms with E-state index in [2.05, 4.69) is 139 Å². The Balaban J connectivity index is 0.00000523. The van der Waals surface area contributed by atoms with Gasteiger partial charge in [-0.15, -0.1) is 12.4 Å². The van der Waals surface area contributed by atoms with Crippen molar-refractivity contribution in [1.29, 1.82) is 0 Å². The molecule has 0 aliphatic carbocycles. The van der Waals surface area contributed by atoms with E-state index in [4.69, 9.17) is 10.5 Å². The van der Waals surface area contributed by atoms with E-state index >= 15 is 0 Å². The van der Waals surface area contributed by atoms with Crippen LogP contribution in [0.25, 0.3) is 0 Å². The predicted octanol–water partition coefficient (Wildman–Crippen LogP) is 8.77. The molecule has 0 spiro atoms. The Bertz CT molecular complexity index is 1760. The molecule has 0 bridgehead atoms. The van der Waals surface area contributed by atoms with Crippen LogP contribution < -0.4 is 37.0 Å². The fourth-order valence-corrected chi connectivity index (χ4v) is 14.6. The maximum absolute atomic E-state index is 6.10. The number of aliphatic imine (C=N–C) groups is 2. The third kappa shape index (κ3) is 9.63. The van der Waals surface area contributed by atoms with Crippen LogP contribution in [0.3, 0.4) is 0 Å². The fraction of sp³-hybridized carbons (Fsp3) is 0.256. The molecule has 6 rings (SSSR count). The van der Waals surface area contributed by atoms with Crippen LogP contribution >= 0.6 is 33.2 Å². The number of rotatable bonds is 17. The molecule has 0 amide bonds. The van der Waals surface area contributed by atoms with Gasteiger partial charge in [-0.3, -0.25) is 10.3 Å². The molecule has 52 heavy (non-hydrogen) atoms. The molecule has 0 fully saturated rings. The molecular formula is C43H50BrClN5OP. The van der Waals surface area contributed by atoms with Gasteiger partial charge in [0.05, 0.1) is 0 Å². The summed E-state index contributed by atoms with van der Waals surface area (Å²) in [7, 11) is 0. The van der Waals surface area contributed by atoms with Gasteiger partial charge < -0.3 is 11.1 Å². The van der Waals surface area contributed by atoms with Gasteiger partial charge in [-0.25, -0.2) is 4.99 Å². The van der Waals surface area contributed by atoms with E-state index in [0.717, 1.165) is 43.2 Å². The topological polar surface area (TPSA) is 84.0 Å². The number of guanidine groups is 2. The van der Waals surface area contributed by atoms with Crippen molar-refractivity contribution in [1.82, 2.24) is 10.6 Å². The summed E-state index contributed by atoms with van der Waals surface area (Å²) in [6, 6.07) is 51.7. The van der Waals surface area contributed by atoms with E-state index in [1.807, 2.05) is 42.5 Å².